The fraction of sp³-hybridized carbons (Fsp3) is 0.241. The van der Waals surface area contributed by atoms with Crippen LogP contribution in [0.15, 0.2) is 78.5 Å². The van der Waals surface area contributed by atoms with Crippen LogP contribution in [0.4, 0.5) is 23.7 Å². The van der Waals surface area contributed by atoms with Crippen LogP contribution in [0, 0.1) is 0 Å². The molecule has 11 heteroatoms. The van der Waals surface area contributed by atoms with Gasteiger partial charge in [0.1, 0.15) is 11.5 Å². The molecule has 2 amide bonds. The fourth-order valence-electron chi connectivity index (χ4n) is 5.50. The number of carbonyl (C=O) groups is 2. The van der Waals surface area contributed by atoms with Crippen LogP contribution in [0.1, 0.15) is 22.6 Å². The molecule has 5 rings (SSSR count). The van der Waals surface area contributed by atoms with Crippen LogP contribution in [0.5, 0.6) is 11.5 Å². The second kappa shape index (κ2) is 10.1. The van der Waals surface area contributed by atoms with Gasteiger partial charge < -0.3 is 14.2 Å². The maximum absolute atomic E-state index is 15.7. The van der Waals surface area contributed by atoms with Gasteiger partial charge in [0.2, 0.25) is 0 Å². The Morgan fingerprint density at radius 2 is 1.68 bits per heavy atom. The maximum Gasteiger partial charge on any atom is 0.417 e. The molecule has 208 valence electrons. The molecular formula is C29H24ClF3N2O5. The summed E-state index contributed by atoms with van der Waals surface area (Å²) in [5.74, 6) is -1.81. The largest absolute Gasteiger partial charge is 0.497 e. The molecule has 0 saturated heterocycles. The minimum absolute atomic E-state index is 0.0196. The first-order chi connectivity index (χ1) is 19.1. The van der Waals surface area contributed by atoms with E-state index < -0.39 is 29.6 Å². The number of hydrogen-bond acceptors (Lipinski definition) is 5. The summed E-state index contributed by atoms with van der Waals surface area (Å²) in [7, 11) is 3.97. The molecule has 3 aromatic carbocycles. The van der Waals surface area contributed by atoms with E-state index in [-0.39, 0.29) is 39.7 Å². The first-order valence-corrected chi connectivity index (χ1v) is 12.5. The maximum atomic E-state index is 15.7. The molecular weight excluding hydrogens is 549 g/mol. The van der Waals surface area contributed by atoms with Gasteiger partial charge in [-0.1, -0.05) is 35.9 Å². The highest BCUT2D eigenvalue weighted by molar-refractivity contribution is 6.30. The van der Waals surface area contributed by atoms with Gasteiger partial charge in [0.15, 0.2) is 5.54 Å². The van der Waals surface area contributed by atoms with Gasteiger partial charge in [0.25, 0.3) is 0 Å². The topological polar surface area (TPSA) is 68.3 Å². The number of alkyl halides is 3. The molecule has 2 atom stereocenters. The van der Waals surface area contributed by atoms with Crippen molar-refractivity contribution in [3.8, 4) is 11.5 Å². The summed E-state index contributed by atoms with van der Waals surface area (Å²) in [4.78, 5) is 28.9. The zero-order valence-electron chi connectivity index (χ0n) is 21.7. The summed E-state index contributed by atoms with van der Waals surface area (Å²) in [5.41, 5.74) is -2.83. The van der Waals surface area contributed by atoms with E-state index in [2.05, 4.69) is 0 Å². The monoisotopic (exact) mass is 572 g/mol. The van der Waals surface area contributed by atoms with E-state index >= 15 is 13.2 Å². The Bertz CT molecular complexity index is 1510. The van der Waals surface area contributed by atoms with Crippen molar-refractivity contribution in [2.75, 3.05) is 26.2 Å². The van der Waals surface area contributed by atoms with Gasteiger partial charge in [-0.15, -0.1) is 0 Å². The summed E-state index contributed by atoms with van der Waals surface area (Å²) < 4.78 is 62.4. The highest BCUT2D eigenvalue weighted by Gasteiger charge is 2.72. The number of esters is 1. The molecule has 0 radical (unpaired) electrons. The number of rotatable bonds is 6. The molecule has 2 aliphatic rings. The number of ether oxygens (including phenoxy) is 3. The number of benzene rings is 3. The second-order valence-corrected chi connectivity index (χ2v) is 9.73. The molecule has 0 unspecified atom stereocenters. The van der Waals surface area contributed by atoms with E-state index in [0.29, 0.717) is 16.2 Å². The number of nitrogens with zero attached hydrogens (tertiary/aromatic N) is 2. The number of amides is 2. The van der Waals surface area contributed by atoms with Crippen molar-refractivity contribution in [1.82, 2.24) is 4.90 Å². The molecule has 0 spiro atoms. The zero-order chi connectivity index (χ0) is 28.8. The third-order valence-electron chi connectivity index (χ3n) is 7.25. The van der Waals surface area contributed by atoms with E-state index in [1.165, 1.54) is 55.5 Å². The molecule has 0 aromatic heterocycles. The van der Waals surface area contributed by atoms with Crippen LogP contribution in [-0.2, 0) is 21.6 Å². The summed E-state index contributed by atoms with van der Waals surface area (Å²) in [6, 6.07) is 15.8. The summed E-state index contributed by atoms with van der Waals surface area (Å²) in [6.07, 6.45) is -4.12. The Labute approximate surface area is 233 Å². The number of anilines is 1. The van der Waals surface area contributed by atoms with E-state index in [1.54, 1.807) is 30.3 Å². The number of halogens is 4. The van der Waals surface area contributed by atoms with E-state index in [4.69, 9.17) is 25.8 Å². The Morgan fingerprint density at radius 1 is 0.975 bits per heavy atom. The SMILES string of the molecule is COC(=O)C1=CN2C(=O)N(Cc3ccc(OC)cc3)c3ccc(Cl)cc3[C@]2(C(F)(F)F)[C@@H]1c1cccc(OC)c1. The predicted octanol–water partition coefficient (Wildman–Crippen LogP) is 6.41. The van der Waals surface area contributed by atoms with Crippen molar-refractivity contribution < 1.29 is 37.0 Å². The Hall–Kier alpha value is -4.18. The number of methoxy groups -OCH3 is 3. The quantitative estimate of drug-likeness (QED) is 0.319. The summed E-state index contributed by atoms with van der Waals surface area (Å²) in [6.45, 7) is -0.0485. The lowest BCUT2D eigenvalue weighted by Gasteiger charge is -2.50. The zero-order valence-corrected chi connectivity index (χ0v) is 22.4. The Morgan fingerprint density at radius 3 is 2.30 bits per heavy atom. The van der Waals surface area contributed by atoms with Crippen LogP contribution < -0.4 is 14.4 Å². The molecule has 0 bridgehead atoms. The molecule has 0 fully saturated rings. The number of fused-ring (bicyclic) bond motifs is 3. The van der Waals surface area contributed by atoms with Crippen molar-refractivity contribution in [3.63, 3.8) is 0 Å². The van der Waals surface area contributed by atoms with Crippen molar-refractivity contribution in [2.45, 2.75) is 24.2 Å². The van der Waals surface area contributed by atoms with Crippen molar-refractivity contribution in [2.24, 2.45) is 0 Å². The van der Waals surface area contributed by atoms with E-state index in [9.17, 15) is 9.59 Å². The first-order valence-electron chi connectivity index (χ1n) is 12.1. The lowest BCUT2D eigenvalue weighted by molar-refractivity contribution is -0.223. The molecule has 2 heterocycles. The second-order valence-electron chi connectivity index (χ2n) is 9.30. The summed E-state index contributed by atoms with van der Waals surface area (Å²) in [5, 5.41) is 0.0389. The average Bonchev–Trinajstić information content (AvgIpc) is 3.33. The minimum Gasteiger partial charge on any atom is -0.497 e. The third-order valence-corrected chi connectivity index (χ3v) is 7.49. The van der Waals surface area contributed by atoms with Gasteiger partial charge in [-0.05, 0) is 53.6 Å². The number of carbonyl (C=O) groups excluding carboxylic acids is 2. The van der Waals surface area contributed by atoms with Crippen LogP contribution in [0.3, 0.4) is 0 Å². The Balaban J connectivity index is 1.79. The molecule has 7 nitrogen and oxygen atoms in total. The number of urea groups is 1. The number of hydrogen-bond donors (Lipinski definition) is 0. The summed E-state index contributed by atoms with van der Waals surface area (Å²) >= 11 is 6.29. The van der Waals surface area contributed by atoms with Crippen LogP contribution in [-0.4, -0.2) is 44.4 Å². The van der Waals surface area contributed by atoms with Crippen molar-refractivity contribution in [3.05, 3.63) is 100 Å². The average molecular weight is 573 g/mol. The fourth-order valence-corrected chi connectivity index (χ4v) is 5.67. The van der Waals surface area contributed by atoms with E-state index in [0.717, 1.165) is 13.3 Å². The van der Waals surface area contributed by atoms with Crippen LogP contribution in [0.2, 0.25) is 5.02 Å². The van der Waals surface area contributed by atoms with Crippen LogP contribution in [0.25, 0.3) is 0 Å². The van der Waals surface area contributed by atoms with Gasteiger partial charge in [-0.2, -0.15) is 13.2 Å². The molecule has 40 heavy (non-hydrogen) atoms. The molecule has 0 saturated carbocycles. The van der Waals surface area contributed by atoms with Gasteiger partial charge in [0, 0.05) is 16.8 Å². The predicted molar refractivity (Wildman–Crippen MR) is 141 cm³/mol. The van der Waals surface area contributed by atoms with Crippen molar-refractivity contribution in [1.29, 1.82) is 0 Å². The highest BCUT2D eigenvalue weighted by Crippen LogP contribution is 2.63. The normalized spacial score (nSPS) is 20.0. The van der Waals surface area contributed by atoms with Gasteiger partial charge in [-0.3, -0.25) is 9.80 Å². The highest BCUT2D eigenvalue weighted by atomic mass is 35.5. The first kappa shape index (κ1) is 27.4. The standard InChI is InChI=1S/C29H24ClF3N2O5/c1-38-20-10-7-17(8-11-20)15-34-24-12-9-19(30)14-23(24)28(29(31,32)33)25(18-5-4-6-21(13-18)39-2)22(26(36)40-3)16-35(28)27(34)37/h4-14,16,25H,15H2,1-3H3/t25-,28-/m1/s1. The van der Waals surface area contributed by atoms with E-state index in [1.807, 2.05) is 0 Å². The van der Waals surface area contributed by atoms with Gasteiger partial charge in [-0.25, -0.2) is 9.59 Å². The smallest absolute Gasteiger partial charge is 0.417 e. The third kappa shape index (κ3) is 4.14. The molecule has 2 aliphatic heterocycles. The van der Waals surface area contributed by atoms with Gasteiger partial charge >= 0.3 is 18.2 Å². The lowest BCUT2D eigenvalue weighted by Crippen LogP contribution is -2.63. The minimum atomic E-state index is -5.06. The van der Waals surface area contributed by atoms with Crippen molar-refractivity contribution >= 4 is 29.3 Å². The molecule has 0 N–H and O–H groups in total. The van der Waals surface area contributed by atoms with Gasteiger partial charge in [0.05, 0.1) is 45.1 Å². The molecule has 3 aromatic rings. The lowest BCUT2D eigenvalue weighted by atomic mass is 9.70. The molecule has 0 aliphatic carbocycles. The Kier molecular flexibility index (Phi) is 6.91. The van der Waals surface area contributed by atoms with Crippen LogP contribution >= 0.6 is 11.6 Å².